The quantitative estimate of drug-likeness (QED) is 0.640. The summed E-state index contributed by atoms with van der Waals surface area (Å²) >= 11 is 0. The Morgan fingerprint density at radius 1 is 0.870 bits per heavy atom. The van der Waals surface area contributed by atoms with Gasteiger partial charge in [-0.2, -0.15) is 0 Å². The van der Waals surface area contributed by atoms with Gasteiger partial charge in [0.1, 0.15) is 5.82 Å². The second kappa shape index (κ2) is 7.14. The second-order valence-electron chi connectivity index (χ2n) is 5.57. The van der Waals surface area contributed by atoms with E-state index in [0.29, 0.717) is 5.82 Å². The lowest BCUT2D eigenvalue weighted by molar-refractivity contribution is 0.628. The molecule has 3 heteroatoms. The van der Waals surface area contributed by atoms with E-state index in [-0.39, 0.29) is 5.82 Å². The molecule has 0 fully saturated rings. The smallest absolute Gasteiger partial charge is 0.159 e. The Balaban J connectivity index is 1.95. The van der Waals surface area contributed by atoms with Crippen LogP contribution >= 0.6 is 0 Å². The van der Waals surface area contributed by atoms with Crippen LogP contribution < -0.4 is 0 Å². The van der Waals surface area contributed by atoms with Gasteiger partial charge in [-0.15, -0.1) is 0 Å². The highest BCUT2D eigenvalue weighted by Crippen LogP contribution is 2.30. The van der Waals surface area contributed by atoms with E-state index < -0.39 is 0 Å². The summed E-state index contributed by atoms with van der Waals surface area (Å²) < 4.78 is 13.1. The Morgan fingerprint density at radius 2 is 1.52 bits per heavy atom. The third-order valence-corrected chi connectivity index (χ3v) is 3.85. The number of benzene rings is 2. The first-order valence-electron chi connectivity index (χ1n) is 7.94. The highest BCUT2D eigenvalue weighted by atomic mass is 19.1. The molecule has 0 aliphatic heterocycles. The summed E-state index contributed by atoms with van der Waals surface area (Å²) in [5.41, 5.74) is 4.09. The summed E-state index contributed by atoms with van der Waals surface area (Å²) in [5.74, 6) is 0.466. The van der Waals surface area contributed by atoms with Crippen LogP contribution in [0.1, 0.15) is 25.3 Å². The molecule has 0 radical (unpaired) electrons. The summed E-state index contributed by atoms with van der Waals surface area (Å²) in [4.78, 5) is 9.04. The molecule has 0 aliphatic rings. The van der Waals surface area contributed by atoms with E-state index in [0.717, 1.165) is 41.5 Å². The highest BCUT2D eigenvalue weighted by molar-refractivity contribution is 5.80. The molecule has 2 aromatic carbocycles. The summed E-state index contributed by atoms with van der Waals surface area (Å²) in [7, 11) is 0. The monoisotopic (exact) mass is 306 g/mol. The average Bonchev–Trinajstić information content (AvgIpc) is 2.61. The summed E-state index contributed by atoms with van der Waals surface area (Å²) in [5, 5.41) is 0. The van der Waals surface area contributed by atoms with Gasteiger partial charge in [0.15, 0.2) is 5.82 Å². The third kappa shape index (κ3) is 3.62. The maximum atomic E-state index is 13.1. The molecule has 0 unspecified atom stereocenters. The number of unbranched alkanes of at least 4 members (excludes halogenated alkanes) is 1. The first kappa shape index (κ1) is 15.3. The molecule has 0 amide bonds. The molecule has 0 saturated heterocycles. The molecule has 0 spiro atoms. The van der Waals surface area contributed by atoms with Crippen molar-refractivity contribution in [2.24, 2.45) is 0 Å². The number of halogens is 1. The van der Waals surface area contributed by atoms with Crippen LogP contribution in [0.25, 0.3) is 22.5 Å². The van der Waals surface area contributed by atoms with Gasteiger partial charge in [-0.25, -0.2) is 14.4 Å². The van der Waals surface area contributed by atoms with Crippen molar-refractivity contribution in [2.75, 3.05) is 0 Å². The lowest BCUT2D eigenvalue weighted by Crippen LogP contribution is -1.94. The number of aryl methyl sites for hydroxylation is 1. The molecule has 0 saturated carbocycles. The lowest BCUT2D eigenvalue weighted by Gasteiger charge is -2.09. The van der Waals surface area contributed by atoms with E-state index in [2.05, 4.69) is 16.9 Å². The molecule has 1 heterocycles. The second-order valence-corrected chi connectivity index (χ2v) is 5.57. The van der Waals surface area contributed by atoms with Crippen molar-refractivity contribution in [2.45, 2.75) is 26.2 Å². The van der Waals surface area contributed by atoms with Gasteiger partial charge < -0.3 is 0 Å². The molecule has 0 aliphatic carbocycles. The van der Waals surface area contributed by atoms with E-state index in [4.69, 9.17) is 0 Å². The highest BCUT2D eigenvalue weighted by Gasteiger charge is 2.09. The molecule has 3 aromatic rings. The number of rotatable bonds is 5. The fraction of sp³-hybridized carbons (Fsp3) is 0.200. The maximum Gasteiger partial charge on any atom is 0.159 e. The van der Waals surface area contributed by atoms with E-state index in [1.807, 2.05) is 36.7 Å². The van der Waals surface area contributed by atoms with Crippen molar-refractivity contribution in [1.29, 1.82) is 0 Å². The van der Waals surface area contributed by atoms with Crippen LogP contribution in [0.4, 0.5) is 4.39 Å². The molecule has 116 valence electrons. The van der Waals surface area contributed by atoms with Gasteiger partial charge >= 0.3 is 0 Å². The Hall–Kier alpha value is -2.55. The normalized spacial score (nSPS) is 10.7. The molecule has 23 heavy (non-hydrogen) atoms. The SMILES string of the molecule is CCCCc1cnc(-c2ccccc2-c2ccc(F)cc2)nc1. The van der Waals surface area contributed by atoms with Crippen molar-refractivity contribution in [3.8, 4) is 22.5 Å². The summed E-state index contributed by atoms with van der Waals surface area (Å²) in [6.45, 7) is 2.17. The van der Waals surface area contributed by atoms with Gasteiger partial charge in [0.05, 0.1) is 0 Å². The molecule has 0 atom stereocenters. The molecule has 0 N–H and O–H groups in total. The number of nitrogens with zero attached hydrogens (tertiary/aromatic N) is 2. The Bertz CT molecular complexity index is 764. The molecular weight excluding hydrogens is 287 g/mol. The minimum atomic E-state index is -0.234. The van der Waals surface area contributed by atoms with Gasteiger partial charge in [0.2, 0.25) is 0 Å². The predicted molar refractivity (Wildman–Crippen MR) is 91.5 cm³/mol. The first-order valence-corrected chi connectivity index (χ1v) is 7.94. The van der Waals surface area contributed by atoms with Crippen LogP contribution in [0.5, 0.6) is 0 Å². The molecule has 1 aromatic heterocycles. The minimum absolute atomic E-state index is 0.234. The topological polar surface area (TPSA) is 25.8 Å². The Morgan fingerprint density at radius 3 is 2.17 bits per heavy atom. The fourth-order valence-electron chi connectivity index (χ4n) is 2.56. The Kier molecular flexibility index (Phi) is 4.77. The van der Waals surface area contributed by atoms with Gasteiger partial charge in [0.25, 0.3) is 0 Å². The largest absolute Gasteiger partial charge is 0.236 e. The zero-order valence-corrected chi connectivity index (χ0v) is 13.2. The van der Waals surface area contributed by atoms with Crippen LogP contribution in [-0.4, -0.2) is 9.97 Å². The van der Waals surface area contributed by atoms with Gasteiger partial charge in [-0.1, -0.05) is 49.7 Å². The van der Waals surface area contributed by atoms with E-state index in [9.17, 15) is 4.39 Å². The summed E-state index contributed by atoms with van der Waals surface area (Å²) in [6, 6.07) is 14.5. The van der Waals surface area contributed by atoms with E-state index >= 15 is 0 Å². The summed E-state index contributed by atoms with van der Waals surface area (Å²) in [6.07, 6.45) is 7.12. The van der Waals surface area contributed by atoms with Gasteiger partial charge in [-0.3, -0.25) is 0 Å². The van der Waals surface area contributed by atoms with Crippen LogP contribution in [0.15, 0.2) is 60.9 Å². The molecular formula is C20H19FN2. The van der Waals surface area contributed by atoms with Crippen molar-refractivity contribution in [3.05, 3.63) is 72.3 Å². The van der Waals surface area contributed by atoms with E-state index in [1.165, 1.54) is 12.1 Å². The standard InChI is InChI=1S/C20H19FN2/c1-2-3-6-15-13-22-20(23-14-15)19-8-5-4-7-18(19)16-9-11-17(21)12-10-16/h4-5,7-14H,2-3,6H2,1H3. The van der Waals surface area contributed by atoms with E-state index in [1.54, 1.807) is 12.1 Å². The molecule has 2 nitrogen and oxygen atoms in total. The number of hydrogen-bond donors (Lipinski definition) is 0. The zero-order chi connectivity index (χ0) is 16.1. The van der Waals surface area contributed by atoms with Crippen molar-refractivity contribution >= 4 is 0 Å². The van der Waals surface area contributed by atoms with Crippen molar-refractivity contribution in [3.63, 3.8) is 0 Å². The van der Waals surface area contributed by atoms with Crippen LogP contribution in [0.3, 0.4) is 0 Å². The average molecular weight is 306 g/mol. The number of aromatic nitrogens is 2. The minimum Gasteiger partial charge on any atom is -0.236 e. The maximum absolute atomic E-state index is 13.1. The fourth-order valence-corrected chi connectivity index (χ4v) is 2.56. The number of hydrogen-bond acceptors (Lipinski definition) is 2. The predicted octanol–water partition coefficient (Wildman–Crippen LogP) is 5.29. The molecule has 3 rings (SSSR count). The third-order valence-electron chi connectivity index (χ3n) is 3.85. The lowest BCUT2D eigenvalue weighted by atomic mass is 9.99. The first-order chi connectivity index (χ1) is 11.3. The van der Waals surface area contributed by atoms with Gasteiger partial charge in [0, 0.05) is 18.0 Å². The van der Waals surface area contributed by atoms with Crippen molar-refractivity contribution in [1.82, 2.24) is 9.97 Å². The van der Waals surface area contributed by atoms with Crippen LogP contribution in [0, 0.1) is 5.82 Å². The Labute approximate surface area is 136 Å². The van der Waals surface area contributed by atoms with Crippen LogP contribution in [-0.2, 0) is 6.42 Å². The molecule has 0 bridgehead atoms. The zero-order valence-electron chi connectivity index (χ0n) is 13.2. The van der Waals surface area contributed by atoms with Crippen molar-refractivity contribution < 1.29 is 4.39 Å². The van der Waals surface area contributed by atoms with Gasteiger partial charge in [-0.05, 0) is 41.7 Å². The van der Waals surface area contributed by atoms with Crippen LogP contribution in [0.2, 0.25) is 0 Å².